The third-order valence-electron chi connectivity index (χ3n) is 5.98. The first-order chi connectivity index (χ1) is 15.4. The van der Waals surface area contributed by atoms with Gasteiger partial charge in [0.2, 0.25) is 5.22 Å². The third kappa shape index (κ3) is 4.56. The normalized spacial score (nSPS) is 21.0. The fourth-order valence-electron chi connectivity index (χ4n) is 4.61. The Hall–Kier alpha value is -2.35. The van der Waals surface area contributed by atoms with E-state index in [2.05, 4.69) is 22.7 Å². The molecule has 0 radical (unpaired) electrons. The monoisotopic (exact) mass is 478 g/mol. The molecule has 1 aliphatic rings. The van der Waals surface area contributed by atoms with Crippen molar-refractivity contribution in [3.63, 3.8) is 0 Å². The highest BCUT2D eigenvalue weighted by atomic mass is 35.5. The number of halogens is 3. The van der Waals surface area contributed by atoms with Gasteiger partial charge in [0, 0.05) is 31.6 Å². The Morgan fingerprint density at radius 2 is 2.16 bits per heavy atom. The Kier molecular flexibility index (Phi) is 6.88. The SMILES string of the molecule is CCCC1CNC[C@@H](NC(=O)c2cc(-c3c(Cl)cnn3C)c(Cl)o2)[C@@H]1c1cccc(F)c1. The van der Waals surface area contributed by atoms with Crippen LogP contribution in [0.15, 0.2) is 40.9 Å². The van der Waals surface area contributed by atoms with Gasteiger partial charge in [-0.3, -0.25) is 9.48 Å². The second-order valence-corrected chi connectivity index (χ2v) is 8.88. The summed E-state index contributed by atoms with van der Waals surface area (Å²) in [5.74, 6) is -0.339. The molecule has 2 aromatic heterocycles. The fraction of sp³-hybridized carbons (Fsp3) is 0.391. The number of hydrogen-bond acceptors (Lipinski definition) is 4. The zero-order valence-electron chi connectivity index (χ0n) is 17.9. The molecule has 4 rings (SSSR count). The molecule has 1 saturated heterocycles. The summed E-state index contributed by atoms with van der Waals surface area (Å²) in [4.78, 5) is 13.1. The van der Waals surface area contributed by atoms with Crippen molar-refractivity contribution in [2.24, 2.45) is 13.0 Å². The number of hydrogen-bond donors (Lipinski definition) is 2. The molecule has 2 N–H and O–H groups in total. The predicted octanol–water partition coefficient (Wildman–Crippen LogP) is 5.03. The Balaban J connectivity index is 1.60. The molecule has 3 aromatic rings. The summed E-state index contributed by atoms with van der Waals surface area (Å²) in [5, 5.41) is 11.1. The van der Waals surface area contributed by atoms with Crippen molar-refractivity contribution in [2.75, 3.05) is 13.1 Å². The number of carbonyl (C=O) groups is 1. The molecular formula is C23H25Cl2FN4O2. The van der Waals surface area contributed by atoms with E-state index < -0.39 is 0 Å². The maximum absolute atomic E-state index is 14.0. The van der Waals surface area contributed by atoms with Crippen molar-refractivity contribution in [2.45, 2.75) is 31.7 Å². The molecule has 1 amide bonds. The Labute approximate surface area is 196 Å². The first-order valence-corrected chi connectivity index (χ1v) is 11.4. The summed E-state index contributed by atoms with van der Waals surface area (Å²) >= 11 is 12.5. The van der Waals surface area contributed by atoms with E-state index in [9.17, 15) is 9.18 Å². The second kappa shape index (κ2) is 9.65. The average molecular weight is 479 g/mol. The lowest BCUT2D eigenvalue weighted by Crippen LogP contribution is -2.53. The molecule has 3 atom stereocenters. The van der Waals surface area contributed by atoms with Gasteiger partial charge in [0.15, 0.2) is 5.76 Å². The van der Waals surface area contributed by atoms with E-state index in [1.165, 1.54) is 12.3 Å². The van der Waals surface area contributed by atoms with Crippen LogP contribution in [0.25, 0.3) is 11.3 Å². The van der Waals surface area contributed by atoms with E-state index in [4.69, 9.17) is 27.6 Å². The number of furan rings is 1. The summed E-state index contributed by atoms with van der Waals surface area (Å²) in [6, 6.07) is 7.96. The minimum absolute atomic E-state index is 0.0210. The Morgan fingerprint density at radius 3 is 2.84 bits per heavy atom. The highest BCUT2D eigenvalue weighted by Gasteiger charge is 2.35. The van der Waals surface area contributed by atoms with Gasteiger partial charge < -0.3 is 15.1 Å². The number of benzene rings is 1. The number of nitrogens with zero attached hydrogens (tertiary/aromatic N) is 2. The second-order valence-electron chi connectivity index (χ2n) is 8.13. The quantitative estimate of drug-likeness (QED) is 0.521. The number of carbonyl (C=O) groups excluding carboxylic acids is 1. The van der Waals surface area contributed by atoms with E-state index >= 15 is 0 Å². The van der Waals surface area contributed by atoms with Crippen LogP contribution in [0.4, 0.5) is 4.39 Å². The lowest BCUT2D eigenvalue weighted by atomic mass is 9.76. The van der Waals surface area contributed by atoms with Crippen LogP contribution in [0.3, 0.4) is 0 Å². The smallest absolute Gasteiger partial charge is 0.287 e. The maximum atomic E-state index is 14.0. The fourth-order valence-corrected chi connectivity index (χ4v) is 5.11. The van der Waals surface area contributed by atoms with Crippen molar-refractivity contribution in [1.29, 1.82) is 0 Å². The van der Waals surface area contributed by atoms with Crippen LogP contribution in [0.5, 0.6) is 0 Å². The molecule has 1 aliphatic heterocycles. The molecule has 1 fully saturated rings. The molecule has 6 nitrogen and oxygen atoms in total. The van der Waals surface area contributed by atoms with Crippen molar-refractivity contribution in [3.05, 3.63) is 63.9 Å². The molecule has 170 valence electrons. The van der Waals surface area contributed by atoms with E-state index in [1.54, 1.807) is 29.9 Å². The topological polar surface area (TPSA) is 72.1 Å². The number of rotatable bonds is 6. The molecule has 0 saturated carbocycles. The van der Waals surface area contributed by atoms with Crippen LogP contribution in [-0.4, -0.2) is 34.8 Å². The zero-order valence-corrected chi connectivity index (χ0v) is 19.4. The van der Waals surface area contributed by atoms with Crippen molar-refractivity contribution in [3.8, 4) is 11.3 Å². The number of aryl methyl sites for hydroxylation is 1. The van der Waals surface area contributed by atoms with Crippen LogP contribution in [-0.2, 0) is 7.05 Å². The largest absolute Gasteiger partial charge is 0.439 e. The molecule has 0 aliphatic carbocycles. The van der Waals surface area contributed by atoms with E-state index in [0.29, 0.717) is 22.8 Å². The molecule has 9 heteroatoms. The van der Waals surface area contributed by atoms with Crippen molar-refractivity contribution in [1.82, 2.24) is 20.4 Å². The molecule has 0 bridgehead atoms. The molecule has 32 heavy (non-hydrogen) atoms. The molecule has 1 unspecified atom stereocenters. The first kappa shape index (κ1) is 22.8. The van der Waals surface area contributed by atoms with Gasteiger partial charge in [0.05, 0.1) is 22.5 Å². The van der Waals surface area contributed by atoms with E-state index in [-0.39, 0.29) is 40.6 Å². The number of piperidine rings is 1. The number of nitrogens with one attached hydrogen (secondary N) is 2. The average Bonchev–Trinajstić information content (AvgIpc) is 3.29. The van der Waals surface area contributed by atoms with E-state index in [1.807, 2.05) is 6.07 Å². The first-order valence-electron chi connectivity index (χ1n) is 10.6. The lowest BCUT2D eigenvalue weighted by Gasteiger charge is -2.39. The van der Waals surface area contributed by atoms with Crippen LogP contribution >= 0.6 is 23.2 Å². The lowest BCUT2D eigenvalue weighted by molar-refractivity contribution is 0.0884. The minimum Gasteiger partial charge on any atom is -0.439 e. The highest BCUT2D eigenvalue weighted by molar-refractivity contribution is 6.35. The standard InChI is InChI=1S/C23H25Cl2FN4O2/c1-3-5-14-10-27-12-18(20(14)13-6-4-7-15(26)8-13)29-23(31)19-9-16(22(25)32-19)21-17(24)11-28-30(21)2/h4,6-9,11,14,18,20,27H,3,5,10,12H2,1-2H3,(H,29,31)/t14?,18-,20-/m1/s1. The highest BCUT2D eigenvalue weighted by Crippen LogP contribution is 2.36. The summed E-state index contributed by atoms with van der Waals surface area (Å²) < 4.78 is 21.1. The van der Waals surface area contributed by atoms with Gasteiger partial charge in [0.25, 0.3) is 5.91 Å². The van der Waals surface area contributed by atoms with Crippen molar-refractivity contribution >= 4 is 29.1 Å². The number of aromatic nitrogens is 2. The van der Waals surface area contributed by atoms with Gasteiger partial charge in [-0.15, -0.1) is 0 Å². The van der Waals surface area contributed by atoms with Gasteiger partial charge in [-0.05, 0) is 48.2 Å². The third-order valence-corrected chi connectivity index (χ3v) is 6.54. The van der Waals surface area contributed by atoms with Gasteiger partial charge in [0.1, 0.15) is 5.82 Å². The predicted molar refractivity (Wildman–Crippen MR) is 123 cm³/mol. The van der Waals surface area contributed by atoms with Gasteiger partial charge in [-0.1, -0.05) is 37.1 Å². The summed E-state index contributed by atoms with van der Waals surface area (Å²) in [6.07, 6.45) is 3.48. The zero-order chi connectivity index (χ0) is 22.8. The summed E-state index contributed by atoms with van der Waals surface area (Å²) in [5.41, 5.74) is 1.95. The maximum Gasteiger partial charge on any atom is 0.287 e. The molecule has 3 heterocycles. The minimum atomic E-state index is -0.387. The molecule has 0 spiro atoms. The molecular weight excluding hydrogens is 454 g/mol. The number of amides is 1. The van der Waals surface area contributed by atoms with Gasteiger partial charge >= 0.3 is 0 Å². The summed E-state index contributed by atoms with van der Waals surface area (Å²) in [6.45, 7) is 3.51. The summed E-state index contributed by atoms with van der Waals surface area (Å²) in [7, 11) is 1.73. The van der Waals surface area contributed by atoms with Gasteiger partial charge in [-0.25, -0.2) is 4.39 Å². The van der Waals surface area contributed by atoms with Crippen LogP contribution < -0.4 is 10.6 Å². The van der Waals surface area contributed by atoms with Crippen molar-refractivity contribution < 1.29 is 13.6 Å². The van der Waals surface area contributed by atoms with Gasteiger partial charge in [-0.2, -0.15) is 5.10 Å². The Morgan fingerprint density at radius 1 is 1.34 bits per heavy atom. The van der Waals surface area contributed by atoms with Crippen LogP contribution in [0.1, 0.15) is 41.8 Å². The Bertz CT molecular complexity index is 1090. The van der Waals surface area contributed by atoms with Crippen LogP contribution in [0, 0.1) is 11.7 Å². The van der Waals surface area contributed by atoms with E-state index in [0.717, 1.165) is 24.9 Å². The molecule has 1 aromatic carbocycles. The van der Waals surface area contributed by atoms with Crippen LogP contribution in [0.2, 0.25) is 10.2 Å².